The van der Waals surface area contributed by atoms with Crippen LogP contribution in [0.4, 0.5) is 0 Å². The summed E-state index contributed by atoms with van der Waals surface area (Å²) in [6, 6.07) is 12.1. The summed E-state index contributed by atoms with van der Waals surface area (Å²) in [6.07, 6.45) is 0. The molecule has 25 heavy (non-hydrogen) atoms. The predicted molar refractivity (Wildman–Crippen MR) is 98.6 cm³/mol. The van der Waals surface area contributed by atoms with Crippen molar-refractivity contribution in [2.45, 2.75) is 6.54 Å². The molecule has 0 N–H and O–H groups in total. The molecule has 3 aromatic rings. The topological polar surface area (TPSA) is 43.7 Å². The number of carbonyl (C=O) groups is 1. The Balaban J connectivity index is 1.71. The van der Waals surface area contributed by atoms with E-state index in [4.69, 9.17) is 9.47 Å². The van der Waals surface area contributed by atoms with E-state index in [0.29, 0.717) is 32.8 Å². The van der Waals surface area contributed by atoms with Crippen molar-refractivity contribution in [2.24, 2.45) is 0 Å². The van der Waals surface area contributed by atoms with Crippen LogP contribution in [0.5, 0.6) is 5.75 Å². The minimum absolute atomic E-state index is 0.0783. The quantitative estimate of drug-likeness (QED) is 0.721. The van der Waals surface area contributed by atoms with Crippen molar-refractivity contribution in [1.82, 2.24) is 9.47 Å². The van der Waals surface area contributed by atoms with Crippen LogP contribution in [0.2, 0.25) is 0 Å². The van der Waals surface area contributed by atoms with Gasteiger partial charge in [-0.1, -0.05) is 12.1 Å². The van der Waals surface area contributed by atoms with E-state index in [9.17, 15) is 4.79 Å². The lowest BCUT2D eigenvalue weighted by molar-refractivity contribution is 0.0296. The van der Waals surface area contributed by atoms with Crippen LogP contribution in [0.15, 0.2) is 41.8 Å². The summed E-state index contributed by atoms with van der Waals surface area (Å²) in [5.41, 5.74) is 1.85. The lowest BCUT2D eigenvalue weighted by Crippen LogP contribution is -2.41. The van der Waals surface area contributed by atoms with Gasteiger partial charge in [-0.15, -0.1) is 11.3 Å². The number of aromatic nitrogens is 1. The molecule has 0 saturated carbocycles. The Hall–Kier alpha value is -2.31. The number of morpholine rings is 1. The summed E-state index contributed by atoms with van der Waals surface area (Å²) in [4.78, 5) is 16.0. The van der Waals surface area contributed by atoms with E-state index in [-0.39, 0.29) is 5.91 Å². The molecular weight excluding hydrogens is 336 g/mol. The Kier molecular flexibility index (Phi) is 4.46. The van der Waals surface area contributed by atoms with E-state index < -0.39 is 0 Å². The Morgan fingerprint density at radius 3 is 2.88 bits per heavy atom. The van der Waals surface area contributed by atoms with E-state index in [1.165, 1.54) is 0 Å². The number of nitrogens with zero attached hydrogens (tertiary/aromatic N) is 2. The highest BCUT2D eigenvalue weighted by atomic mass is 32.1. The summed E-state index contributed by atoms with van der Waals surface area (Å²) in [6.45, 7) is 3.16. The van der Waals surface area contributed by atoms with Gasteiger partial charge in [0.05, 0.1) is 20.3 Å². The van der Waals surface area contributed by atoms with E-state index in [1.807, 2.05) is 29.2 Å². The normalized spacial score (nSPS) is 14.8. The third-order valence-electron chi connectivity index (χ3n) is 4.49. The molecule has 0 atom stereocenters. The molecule has 0 spiro atoms. The lowest BCUT2D eigenvalue weighted by Gasteiger charge is -2.27. The third kappa shape index (κ3) is 3.15. The third-order valence-corrected chi connectivity index (χ3v) is 5.45. The fourth-order valence-electron chi connectivity index (χ4n) is 3.19. The molecule has 0 aliphatic carbocycles. The first kappa shape index (κ1) is 16.2. The zero-order valence-electron chi connectivity index (χ0n) is 14.1. The van der Waals surface area contributed by atoms with Crippen LogP contribution in [-0.4, -0.2) is 48.8 Å². The summed E-state index contributed by atoms with van der Waals surface area (Å²) >= 11 is 1.66. The largest absolute Gasteiger partial charge is 0.497 e. The van der Waals surface area contributed by atoms with Crippen molar-refractivity contribution < 1.29 is 14.3 Å². The smallest absolute Gasteiger partial charge is 0.270 e. The second kappa shape index (κ2) is 6.90. The molecule has 1 amide bonds. The number of amides is 1. The number of benzene rings is 1. The second-order valence-corrected chi connectivity index (χ2v) is 6.95. The number of thiophene rings is 1. The first-order valence-electron chi connectivity index (χ1n) is 8.33. The van der Waals surface area contributed by atoms with Crippen molar-refractivity contribution >= 4 is 27.5 Å². The standard InChI is InChI=1S/C19H20N2O3S/c1-23-16-4-2-3-14(11-16)13-21-17(12-15-5-10-25-19(15)21)18(22)20-6-8-24-9-7-20/h2-5,10-12H,6-9,13H2,1H3. The van der Waals surface area contributed by atoms with Gasteiger partial charge in [0, 0.05) is 25.0 Å². The van der Waals surface area contributed by atoms with Crippen LogP contribution in [-0.2, 0) is 11.3 Å². The zero-order valence-corrected chi connectivity index (χ0v) is 14.9. The first-order chi connectivity index (χ1) is 12.3. The molecular formula is C19H20N2O3S. The highest BCUT2D eigenvalue weighted by Gasteiger charge is 2.23. The van der Waals surface area contributed by atoms with E-state index >= 15 is 0 Å². The van der Waals surface area contributed by atoms with Crippen LogP contribution in [0, 0.1) is 0 Å². The maximum Gasteiger partial charge on any atom is 0.270 e. The van der Waals surface area contributed by atoms with Crippen LogP contribution < -0.4 is 4.74 Å². The minimum atomic E-state index is 0.0783. The minimum Gasteiger partial charge on any atom is -0.497 e. The van der Waals surface area contributed by atoms with Crippen molar-refractivity contribution in [2.75, 3.05) is 33.4 Å². The van der Waals surface area contributed by atoms with Crippen molar-refractivity contribution in [3.63, 3.8) is 0 Å². The van der Waals surface area contributed by atoms with Gasteiger partial charge < -0.3 is 18.9 Å². The predicted octanol–water partition coefficient (Wildman–Crippen LogP) is 3.23. The Labute approximate surface area is 150 Å². The molecule has 1 aliphatic rings. The van der Waals surface area contributed by atoms with Crippen LogP contribution in [0.3, 0.4) is 0 Å². The summed E-state index contributed by atoms with van der Waals surface area (Å²) in [7, 11) is 1.67. The number of methoxy groups -OCH3 is 1. The van der Waals surface area contributed by atoms with Gasteiger partial charge in [0.1, 0.15) is 16.3 Å². The highest BCUT2D eigenvalue weighted by Crippen LogP contribution is 2.28. The van der Waals surface area contributed by atoms with Gasteiger partial charge in [-0.2, -0.15) is 0 Å². The van der Waals surface area contributed by atoms with Crippen molar-refractivity contribution in [3.8, 4) is 5.75 Å². The number of hydrogen-bond acceptors (Lipinski definition) is 4. The molecule has 1 aromatic carbocycles. The summed E-state index contributed by atoms with van der Waals surface area (Å²) < 4.78 is 12.8. The van der Waals surface area contributed by atoms with Gasteiger partial charge >= 0.3 is 0 Å². The summed E-state index contributed by atoms with van der Waals surface area (Å²) in [5.74, 6) is 0.905. The Morgan fingerprint density at radius 2 is 2.08 bits per heavy atom. The Morgan fingerprint density at radius 1 is 1.24 bits per heavy atom. The molecule has 1 fully saturated rings. The molecule has 4 rings (SSSR count). The van der Waals surface area contributed by atoms with E-state index in [0.717, 1.165) is 27.2 Å². The molecule has 1 saturated heterocycles. The second-order valence-electron chi connectivity index (χ2n) is 6.05. The maximum absolute atomic E-state index is 13.0. The Bertz CT molecular complexity index is 893. The molecule has 1 aliphatic heterocycles. The first-order valence-corrected chi connectivity index (χ1v) is 9.21. The van der Waals surface area contributed by atoms with Gasteiger partial charge in [-0.05, 0) is 35.2 Å². The molecule has 3 heterocycles. The fourth-order valence-corrected chi connectivity index (χ4v) is 4.09. The molecule has 0 bridgehead atoms. The number of rotatable bonds is 4. The molecule has 2 aromatic heterocycles. The van der Waals surface area contributed by atoms with Crippen LogP contribution in [0.25, 0.3) is 10.2 Å². The fraction of sp³-hybridized carbons (Fsp3) is 0.316. The highest BCUT2D eigenvalue weighted by molar-refractivity contribution is 7.16. The molecule has 5 nitrogen and oxygen atoms in total. The zero-order chi connectivity index (χ0) is 17.2. The van der Waals surface area contributed by atoms with Gasteiger partial charge in [0.25, 0.3) is 5.91 Å². The number of fused-ring (bicyclic) bond motifs is 1. The molecule has 130 valence electrons. The average Bonchev–Trinajstić information content (AvgIpc) is 3.25. The van der Waals surface area contributed by atoms with Gasteiger partial charge in [0.2, 0.25) is 0 Å². The van der Waals surface area contributed by atoms with Gasteiger partial charge in [-0.25, -0.2) is 0 Å². The molecule has 0 radical (unpaired) electrons. The van der Waals surface area contributed by atoms with Crippen molar-refractivity contribution in [3.05, 3.63) is 53.0 Å². The van der Waals surface area contributed by atoms with Crippen LogP contribution in [0.1, 0.15) is 16.1 Å². The van der Waals surface area contributed by atoms with E-state index in [1.54, 1.807) is 18.4 Å². The van der Waals surface area contributed by atoms with Crippen molar-refractivity contribution in [1.29, 1.82) is 0 Å². The molecule has 6 heteroatoms. The monoisotopic (exact) mass is 356 g/mol. The van der Waals surface area contributed by atoms with Gasteiger partial charge in [0.15, 0.2) is 0 Å². The van der Waals surface area contributed by atoms with Gasteiger partial charge in [-0.3, -0.25) is 4.79 Å². The number of ether oxygens (including phenoxy) is 2. The number of carbonyl (C=O) groups excluding carboxylic acids is 1. The molecule has 0 unspecified atom stereocenters. The maximum atomic E-state index is 13.0. The van der Waals surface area contributed by atoms with E-state index in [2.05, 4.69) is 22.1 Å². The number of hydrogen-bond donors (Lipinski definition) is 0. The van der Waals surface area contributed by atoms with Crippen LogP contribution >= 0.6 is 11.3 Å². The summed E-state index contributed by atoms with van der Waals surface area (Å²) in [5, 5.41) is 3.18. The average molecular weight is 356 g/mol. The SMILES string of the molecule is COc1cccc(Cn2c(C(=O)N3CCOCC3)cc3ccsc32)c1. The lowest BCUT2D eigenvalue weighted by atomic mass is 10.2.